The van der Waals surface area contributed by atoms with Gasteiger partial charge in [0.05, 0.1) is 19.3 Å². The molecule has 15 nitrogen and oxygen atoms in total. The van der Waals surface area contributed by atoms with Gasteiger partial charge in [0.1, 0.15) is 18.1 Å². The number of hydrogen-bond acceptors (Lipinski definition) is 6. The van der Waals surface area contributed by atoms with Crippen LogP contribution in [0.1, 0.15) is 73.1 Å². The van der Waals surface area contributed by atoms with Crippen molar-refractivity contribution >= 4 is 85.2 Å². The molecule has 9 aromatic carbocycles. The van der Waals surface area contributed by atoms with E-state index in [2.05, 4.69) is 46.9 Å². The number of rotatable bonds is 24. The Kier molecular flexibility index (Phi) is 19.1. The summed E-state index contributed by atoms with van der Waals surface area (Å²) in [5.41, 5.74) is 14.9. The van der Waals surface area contributed by atoms with Crippen LogP contribution in [-0.2, 0) is 67.3 Å². The Bertz CT molecular complexity index is 4200. The number of amides is 6. The Balaban J connectivity index is 0.797. The van der Waals surface area contributed by atoms with Crippen LogP contribution < -0.4 is 31.9 Å². The maximum Gasteiger partial charge on any atom is 0.247 e. The number of aryl methyl sites for hydroxylation is 3. The minimum absolute atomic E-state index is 0.0882. The number of benzene rings is 9. The molecule has 0 aliphatic rings. The Morgan fingerprint density at radius 2 is 0.553 bits per heavy atom. The lowest BCUT2D eigenvalue weighted by molar-refractivity contribution is -0.126. The number of carbonyl (C=O) groups excluding carboxylic acids is 6. The predicted molar refractivity (Wildman–Crippen MR) is 373 cm³/mol. The first-order chi connectivity index (χ1) is 45.7. The second-order valence-corrected chi connectivity index (χ2v) is 24.0. The van der Waals surface area contributed by atoms with Gasteiger partial charge in [-0.1, -0.05) is 182 Å². The lowest BCUT2D eigenvalue weighted by Crippen LogP contribution is -2.45. The van der Waals surface area contributed by atoms with Crippen LogP contribution in [0.25, 0.3) is 32.7 Å². The van der Waals surface area contributed by atoms with Gasteiger partial charge in [0, 0.05) is 92.0 Å². The summed E-state index contributed by atoms with van der Waals surface area (Å²) >= 11 is 0. The Morgan fingerprint density at radius 1 is 0.309 bits per heavy atom. The van der Waals surface area contributed by atoms with Crippen molar-refractivity contribution in [2.75, 3.05) is 16.0 Å². The molecule has 0 aliphatic heterocycles. The van der Waals surface area contributed by atoms with Gasteiger partial charge in [0.25, 0.3) is 0 Å². The summed E-state index contributed by atoms with van der Waals surface area (Å²) in [6.07, 6.45) is 1.06. The molecule has 3 heterocycles. The average Bonchev–Trinajstić information content (AvgIpc) is 1.78. The monoisotopic (exact) mass is 1240 g/mol. The van der Waals surface area contributed by atoms with E-state index < -0.39 is 24.0 Å². The number of fused-ring (bicyclic) bond motifs is 3. The summed E-state index contributed by atoms with van der Waals surface area (Å²) in [7, 11) is 0. The van der Waals surface area contributed by atoms with E-state index in [0.29, 0.717) is 17.1 Å². The summed E-state index contributed by atoms with van der Waals surface area (Å²) in [4.78, 5) is 94.9. The molecule has 0 radical (unpaired) electrons. The Hall–Kier alpha value is -11.6. The number of hydrogen-bond donors (Lipinski definition) is 9. The van der Waals surface area contributed by atoms with Crippen LogP contribution in [0.3, 0.4) is 0 Å². The topological polar surface area (TPSA) is 222 Å². The summed E-state index contributed by atoms with van der Waals surface area (Å²) in [6.45, 7) is 5.83. The molecule has 470 valence electrons. The molecule has 6 amide bonds. The number of anilines is 3. The van der Waals surface area contributed by atoms with Crippen molar-refractivity contribution < 1.29 is 28.8 Å². The third kappa shape index (κ3) is 15.1. The zero-order valence-corrected chi connectivity index (χ0v) is 52.5. The molecule has 0 saturated carbocycles. The van der Waals surface area contributed by atoms with E-state index in [1.165, 1.54) is 0 Å². The van der Waals surface area contributed by atoms with Gasteiger partial charge in [-0.25, -0.2) is 0 Å². The van der Waals surface area contributed by atoms with Crippen LogP contribution in [0, 0.1) is 20.8 Å². The number of para-hydroxylation sites is 3. The van der Waals surface area contributed by atoms with Gasteiger partial charge in [-0.3, -0.25) is 28.8 Å². The van der Waals surface area contributed by atoms with Crippen molar-refractivity contribution in [2.24, 2.45) is 0 Å². The van der Waals surface area contributed by atoms with E-state index in [1.54, 1.807) is 0 Å². The van der Waals surface area contributed by atoms with Crippen molar-refractivity contribution in [3.8, 4) is 0 Å². The van der Waals surface area contributed by atoms with E-state index in [-0.39, 0.29) is 74.0 Å². The zero-order valence-electron chi connectivity index (χ0n) is 52.5. The van der Waals surface area contributed by atoms with Crippen LogP contribution >= 0.6 is 0 Å². The molecule has 3 atom stereocenters. The van der Waals surface area contributed by atoms with Crippen molar-refractivity contribution in [1.29, 1.82) is 0 Å². The van der Waals surface area contributed by atoms with Gasteiger partial charge in [-0.05, 0) is 125 Å². The van der Waals surface area contributed by atoms with E-state index >= 15 is 0 Å². The smallest absolute Gasteiger partial charge is 0.247 e. The van der Waals surface area contributed by atoms with Gasteiger partial charge >= 0.3 is 0 Å². The zero-order chi connectivity index (χ0) is 65.1. The minimum Gasteiger partial charge on any atom is -0.358 e. The molecule has 0 aliphatic carbocycles. The number of aromatic amines is 3. The van der Waals surface area contributed by atoms with E-state index in [0.717, 1.165) is 99.9 Å². The largest absolute Gasteiger partial charge is 0.358 e. The van der Waals surface area contributed by atoms with E-state index in [1.807, 2.05) is 257 Å². The van der Waals surface area contributed by atoms with Crippen molar-refractivity contribution in [3.05, 3.63) is 304 Å². The number of aromatic nitrogens is 3. The molecule has 9 N–H and O–H groups in total. The maximum absolute atomic E-state index is 14.4. The van der Waals surface area contributed by atoms with Gasteiger partial charge in [-0.2, -0.15) is 0 Å². The molecule has 3 aromatic heterocycles. The van der Waals surface area contributed by atoms with Crippen LogP contribution in [0.2, 0.25) is 0 Å². The van der Waals surface area contributed by atoms with Crippen LogP contribution in [0.4, 0.5) is 17.1 Å². The Labute approximate surface area is 545 Å². The molecule has 0 bridgehead atoms. The van der Waals surface area contributed by atoms with Gasteiger partial charge in [0.2, 0.25) is 35.4 Å². The van der Waals surface area contributed by atoms with Crippen LogP contribution in [0.15, 0.2) is 237 Å². The molecule has 0 saturated heterocycles. The molecule has 15 heteroatoms. The van der Waals surface area contributed by atoms with Crippen molar-refractivity contribution in [1.82, 2.24) is 30.9 Å². The fourth-order valence-electron chi connectivity index (χ4n) is 12.6. The quantitative estimate of drug-likeness (QED) is 0.0268. The fraction of sp³-hybridized carbons (Fsp3) is 0.165. The van der Waals surface area contributed by atoms with Gasteiger partial charge in [-0.15, -0.1) is 0 Å². The molecule has 0 unspecified atom stereocenters. The van der Waals surface area contributed by atoms with Crippen LogP contribution in [0.5, 0.6) is 0 Å². The molecule has 12 aromatic rings. The lowest BCUT2D eigenvalue weighted by Gasteiger charge is -2.22. The fourth-order valence-corrected chi connectivity index (χ4v) is 12.6. The van der Waals surface area contributed by atoms with E-state index in [4.69, 9.17) is 0 Å². The van der Waals surface area contributed by atoms with Crippen molar-refractivity contribution in [3.63, 3.8) is 0 Å². The molecule has 0 spiro atoms. The highest BCUT2D eigenvalue weighted by Gasteiger charge is 2.28. The summed E-state index contributed by atoms with van der Waals surface area (Å²) < 4.78 is 0. The van der Waals surface area contributed by atoms with E-state index in [9.17, 15) is 28.8 Å². The number of nitrogens with one attached hydrogen (secondary N) is 9. The lowest BCUT2D eigenvalue weighted by atomic mass is 9.85. The predicted octanol–water partition coefficient (Wildman–Crippen LogP) is 13.0. The average molecular weight is 1240 g/mol. The number of carbonyl (C=O) groups is 6. The summed E-state index contributed by atoms with van der Waals surface area (Å²) in [5.74, 6) is -2.39. The van der Waals surface area contributed by atoms with Gasteiger partial charge in [0.15, 0.2) is 0 Å². The maximum atomic E-state index is 14.4. The molecular weight excluding hydrogens is 1170 g/mol. The normalized spacial score (nSPS) is 12.3. The van der Waals surface area contributed by atoms with Gasteiger partial charge < -0.3 is 46.9 Å². The highest BCUT2D eigenvalue weighted by Crippen LogP contribution is 2.35. The first-order valence-corrected chi connectivity index (χ1v) is 31.7. The summed E-state index contributed by atoms with van der Waals surface area (Å²) in [5, 5.41) is 21.3. The first-order valence-electron chi connectivity index (χ1n) is 31.7. The highest BCUT2D eigenvalue weighted by molar-refractivity contribution is 6.01. The standard InChI is InChI=1S/C79H73N9O6/c1-49-64(61-25-13-16-28-67(61)80-49)46-73(89)86-70(43-52-19-7-4-8-20-52)77(92)83-58-37-31-55(32-38-58)76(56-33-39-59(40-34-56)84-78(93)71(44-53-21-9-5-10-22-53)87-74(90)47-65-50(2)81-68-29-17-14-26-62(65)68)57-35-41-60(42-36-57)85-79(94)72(45-54-23-11-6-12-24-54)88-75(91)48-66-51(3)82-69-30-18-15-27-63(66)69/h4-42,70-72,76,80-82H,43-48H2,1-3H3,(H,83,92)(H,84,93)(H,85,94)(H,86,89)(H,87,90)(H,88,91)/t70-,71-,72-/m0/s1. The molecular formula is C79H73N9O6. The third-order valence-electron chi connectivity index (χ3n) is 17.4. The number of H-pyrrole nitrogens is 3. The summed E-state index contributed by atoms with van der Waals surface area (Å²) in [6, 6.07) is 72.3. The highest BCUT2D eigenvalue weighted by atomic mass is 16.2. The minimum atomic E-state index is -0.898. The first kappa shape index (κ1) is 62.6. The molecule has 0 fully saturated rings. The molecule has 94 heavy (non-hydrogen) atoms. The van der Waals surface area contributed by atoms with Crippen molar-refractivity contribution in [2.45, 2.75) is 83.3 Å². The Morgan fingerprint density at radius 3 is 0.819 bits per heavy atom. The SMILES string of the molecule is Cc1[nH]c2ccccc2c1CC(=O)N[C@@H](Cc1ccccc1)C(=O)Nc1ccc(C(c2ccc(NC(=O)[C@H](Cc3ccccc3)NC(=O)Cc3c(C)[nH]c4ccccc34)cc2)c2ccc(NC(=O)[C@H](Cc3ccccc3)NC(=O)Cc3c(C)[nH]c4ccccc34)cc2)cc1. The van der Waals surface area contributed by atoms with Crippen LogP contribution in [-0.4, -0.2) is 68.5 Å². The second kappa shape index (κ2) is 28.7. The second-order valence-electron chi connectivity index (χ2n) is 24.0. The third-order valence-corrected chi connectivity index (χ3v) is 17.4. The molecule has 12 rings (SSSR count).